The van der Waals surface area contributed by atoms with Gasteiger partial charge in [0.15, 0.2) is 0 Å². The number of hydrogen-bond acceptors (Lipinski definition) is 4. The quantitative estimate of drug-likeness (QED) is 0.566. The van der Waals surface area contributed by atoms with Crippen LogP contribution in [0.3, 0.4) is 0 Å². The summed E-state index contributed by atoms with van der Waals surface area (Å²) in [6, 6.07) is -1.65. The highest BCUT2D eigenvalue weighted by molar-refractivity contribution is 7.99. The minimum Gasteiger partial charge on any atom is -0.481 e. The molecule has 2 amide bonds. The number of rotatable bonds is 6. The van der Waals surface area contributed by atoms with Gasteiger partial charge >= 0.3 is 18.0 Å². The zero-order chi connectivity index (χ0) is 14.3. The van der Waals surface area contributed by atoms with Gasteiger partial charge in [-0.05, 0) is 30.8 Å². The first kappa shape index (κ1) is 15.6. The number of amides is 2. The summed E-state index contributed by atoms with van der Waals surface area (Å²) in [6.07, 6.45) is 1.31. The number of carboxylic acids is 2. The van der Waals surface area contributed by atoms with Crippen LogP contribution in [0.1, 0.15) is 25.7 Å². The van der Waals surface area contributed by atoms with Crippen molar-refractivity contribution < 1.29 is 24.6 Å². The highest BCUT2D eigenvalue weighted by Gasteiger charge is 2.22. The van der Waals surface area contributed by atoms with Gasteiger partial charge in [0.05, 0.1) is 0 Å². The largest absolute Gasteiger partial charge is 0.481 e. The fourth-order valence-electron chi connectivity index (χ4n) is 1.75. The zero-order valence-electron chi connectivity index (χ0n) is 10.4. The van der Waals surface area contributed by atoms with Crippen LogP contribution in [0.5, 0.6) is 0 Å². The number of aliphatic carboxylic acids is 2. The second-order valence-electron chi connectivity index (χ2n) is 4.33. The Morgan fingerprint density at radius 1 is 1.21 bits per heavy atom. The molecule has 0 radical (unpaired) electrons. The van der Waals surface area contributed by atoms with Gasteiger partial charge in [0.25, 0.3) is 0 Å². The second kappa shape index (κ2) is 7.88. The molecular formula is C11H18N2O5S. The average molecular weight is 290 g/mol. The van der Waals surface area contributed by atoms with Crippen molar-refractivity contribution in [1.29, 1.82) is 0 Å². The monoisotopic (exact) mass is 290 g/mol. The predicted molar refractivity (Wildman–Crippen MR) is 70.3 cm³/mol. The van der Waals surface area contributed by atoms with Crippen LogP contribution >= 0.6 is 11.8 Å². The van der Waals surface area contributed by atoms with Crippen LogP contribution in [0.2, 0.25) is 0 Å². The molecule has 0 bridgehead atoms. The molecule has 7 nitrogen and oxygen atoms in total. The first-order valence-corrected chi connectivity index (χ1v) is 7.24. The van der Waals surface area contributed by atoms with Crippen LogP contribution in [-0.4, -0.2) is 51.8 Å². The summed E-state index contributed by atoms with van der Waals surface area (Å²) in [6.45, 7) is 0. The number of carbonyl (C=O) groups is 3. The third-order valence-corrected chi connectivity index (χ3v) is 3.86. The molecule has 1 unspecified atom stereocenters. The maximum atomic E-state index is 11.6. The molecule has 0 saturated carbocycles. The zero-order valence-corrected chi connectivity index (χ0v) is 11.2. The SMILES string of the molecule is O=C(O)CCC(NC(=O)NC1CCSCC1)C(=O)O. The van der Waals surface area contributed by atoms with Crippen LogP contribution in [0.25, 0.3) is 0 Å². The van der Waals surface area contributed by atoms with E-state index in [1.54, 1.807) is 0 Å². The Morgan fingerprint density at radius 3 is 2.37 bits per heavy atom. The molecule has 19 heavy (non-hydrogen) atoms. The minimum absolute atomic E-state index is 0.0650. The van der Waals surface area contributed by atoms with E-state index in [0.717, 1.165) is 24.3 Å². The van der Waals surface area contributed by atoms with Crippen molar-refractivity contribution in [3.8, 4) is 0 Å². The summed E-state index contributed by atoms with van der Waals surface area (Å²) in [5, 5.41) is 22.4. The summed E-state index contributed by atoms with van der Waals surface area (Å²) in [7, 11) is 0. The number of nitrogens with one attached hydrogen (secondary N) is 2. The molecule has 1 saturated heterocycles. The summed E-state index contributed by atoms with van der Waals surface area (Å²) >= 11 is 1.82. The van der Waals surface area contributed by atoms with Crippen molar-refractivity contribution in [3.63, 3.8) is 0 Å². The number of carboxylic acid groups (broad SMARTS) is 2. The van der Waals surface area contributed by atoms with Crippen LogP contribution in [0.4, 0.5) is 4.79 Å². The maximum Gasteiger partial charge on any atom is 0.326 e. The Kier molecular flexibility index (Phi) is 6.48. The summed E-state index contributed by atoms with van der Waals surface area (Å²) in [4.78, 5) is 32.9. The topological polar surface area (TPSA) is 116 Å². The third kappa shape index (κ3) is 6.32. The molecule has 0 aromatic rings. The van der Waals surface area contributed by atoms with Crippen LogP contribution < -0.4 is 10.6 Å². The Balaban J connectivity index is 2.37. The van der Waals surface area contributed by atoms with Gasteiger partial charge in [-0.15, -0.1) is 0 Å². The molecule has 0 aliphatic carbocycles. The van der Waals surface area contributed by atoms with E-state index in [0.29, 0.717) is 0 Å². The lowest BCUT2D eigenvalue weighted by molar-refractivity contribution is -0.140. The maximum absolute atomic E-state index is 11.6. The molecule has 0 aromatic carbocycles. The van der Waals surface area contributed by atoms with Gasteiger partial charge in [0.2, 0.25) is 0 Å². The van der Waals surface area contributed by atoms with E-state index in [1.165, 1.54) is 0 Å². The van der Waals surface area contributed by atoms with Crippen LogP contribution in [0, 0.1) is 0 Å². The van der Waals surface area contributed by atoms with E-state index >= 15 is 0 Å². The van der Waals surface area contributed by atoms with Crippen LogP contribution in [-0.2, 0) is 9.59 Å². The number of carbonyl (C=O) groups excluding carboxylic acids is 1. The molecule has 4 N–H and O–H groups in total. The Morgan fingerprint density at radius 2 is 1.84 bits per heavy atom. The first-order valence-electron chi connectivity index (χ1n) is 6.08. The van der Waals surface area contributed by atoms with Crippen molar-refractivity contribution >= 4 is 29.7 Å². The van der Waals surface area contributed by atoms with Gasteiger partial charge in [-0.2, -0.15) is 11.8 Å². The molecule has 1 fully saturated rings. The molecule has 1 aliphatic heterocycles. The Labute approximate surface area is 115 Å². The Hall–Kier alpha value is -1.44. The molecular weight excluding hydrogens is 272 g/mol. The van der Waals surface area contributed by atoms with E-state index in [-0.39, 0.29) is 18.9 Å². The Bertz CT molecular complexity index is 344. The van der Waals surface area contributed by atoms with Gasteiger partial charge in [-0.25, -0.2) is 9.59 Å². The van der Waals surface area contributed by atoms with Crippen molar-refractivity contribution in [2.45, 2.75) is 37.8 Å². The van der Waals surface area contributed by atoms with E-state index in [1.807, 2.05) is 11.8 Å². The van der Waals surface area contributed by atoms with E-state index < -0.39 is 24.0 Å². The highest BCUT2D eigenvalue weighted by atomic mass is 32.2. The van der Waals surface area contributed by atoms with Crippen LogP contribution in [0.15, 0.2) is 0 Å². The number of hydrogen-bond donors (Lipinski definition) is 4. The molecule has 0 spiro atoms. The predicted octanol–water partition coefficient (Wildman–Crippen LogP) is 0.499. The molecule has 108 valence electrons. The second-order valence-corrected chi connectivity index (χ2v) is 5.55. The van der Waals surface area contributed by atoms with Gasteiger partial charge in [0, 0.05) is 12.5 Å². The van der Waals surface area contributed by atoms with Crippen molar-refractivity contribution in [1.82, 2.24) is 10.6 Å². The molecule has 8 heteroatoms. The van der Waals surface area contributed by atoms with Gasteiger partial charge in [-0.3, -0.25) is 4.79 Å². The third-order valence-electron chi connectivity index (χ3n) is 2.81. The molecule has 0 aromatic heterocycles. The molecule has 1 rings (SSSR count). The highest BCUT2D eigenvalue weighted by Crippen LogP contribution is 2.16. The van der Waals surface area contributed by atoms with Gasteiger partial charge in [-0.1, -0.05) is 0 Å². The van der Waals surface area contributed by atoms with E-state index in [2.05, 4.69) is 10.6 Å². The summed E-state index contributed by atoms with van der Waals surface area (Å²) in [5.74, 6) is -0.355. The molecule has 1 atom stereocenters. The lowest BCUT2D eigenvalue weighted by Gasteiger charge is -2.23. The molecule has 1 heterocycles. The van der Waals surface area contributed by atoms with Crippen molar-refractivity contribution in [2.75, 3.05) is 11.5 Å². The van der Waals surface area contributed by atoms with Gasteiger partial charge in [0.1, 0.15) is 6.04 Å². The van der Waals surface area contributed by atoms with E-state index in [4.69, 9.17) is 10.2 Å². The minimum atomic E-state index is -1.23. The molecule has 1 aliphatic rings. The smallest absolute Gasteiger partial charge is 0.326 e. The lowest BCUT2D eigenvalue weighted by atomic mass is 10.1. The lowest BCUT2D eigenvalue weighted by Crippen LogP contribution is -2.49. The standard InChI is InChI=1S/C11H18N2O5S/c14-9(15)2-1-8(10(16)17)13-11(18)12-7-3-5-19-6-4-7/h7-8H,1-6H2,(H,14,15)(H,16,17)(H2,12,13,18). The average Bonchev–Trinajstić information content (AvgIpc) is 2.35. The number of urea groups is 1. The first-order chi connectivity index (χ1) is 8.99. The fourth-order valence-corrected chi connectivity index (χ4v) is 2.86. The van der Waals surface area contributed by atoms with Crippen molar-refractivity contribution in [3.05, 3.63) is 0 Å². The summed E-state index contributed by atoms with van der Waals surface area (Å²) < 4.78 is 0. The van der Waals surface area contributed by atoms with E-state index in [9.17, 15) is 14.4 Å². The summed E-state index contributed by atoms with van der Waals surface area (Å²) in [5.41, 5.74) is 0. The van der Waals surface area contributed by atoms with Crippen molar-refractivity contribution in [2.24, 2.45) is 0 Å². The fraction of sp³-hybridized carbons (Fsp3) is 0.727. The normalized spacial score (nSPS) is 17.5. The van der Waals surface area contributed by atoms with Gasteiger partial charge < -0.3 is 20.8 Å². The number of thioether (sulfide) groups is 1.